The first-order valence-corrected chi connectivity index (χ1v) is 10.4. The Bertz CT molecular complexity index is 1210. The predicted molar refractivity (Wildman–Crippen MR) is 123 cm³/mol. The molecule has 1 heterocycles. The van der Waals surface area contributed by atoms with Crippen LogP contribution in [-0.4, -0.2) is 47.1 Å². The molecule has 0 bridgehead atoms. The van der Waals surface area contributed by atoms with Gasteiger partial charge in [-0.2, -0.15) is 0 Å². The summed E-state index contributed by atoms with van der Waals surface area (Å²) >= 11 is 5.89. The van der Waals surface area contributed by atoms with Crippen molar-refractivity contribution in [1.29, 1.82) is 0 Å². The van der Waals surface area contributed by atoms with Crippen LogP contribution in [0.2, 0.25) is 5.02 Å². The van der Waals surface area contributed by atoms with Crippen molar-refractivity contribution in [2.45, 2.75) is 13.1 Å². The second-order valence-corrected chi connectivity index (χ2v) is 7.34. The second-order valence-electron chi connectivity index (χ2n) is 6.90. The number of carbonyl (C=O) groups is 1. The summed E-state index contributed by atoms with van der Waals surface area (Å²) in [5, 5.41) is 21.5. The average molecular weight is 455 g/mol. The van der Waals surface area contributed by atoms with Crippen molar-refractivity contribution in [2.24, 2.45) is 0 Å². The number of fused-ring (bicyclic) bond motifs is 1. The molecule has 1 aromatic heterocycles. The Morgan fingerprint density at radius 3 is 2.62 bits per heavy atom. The predicted octanol–water partition coefficient (Wildman–Crippen LogP) is 1.94. The lowest BCUT2D eigenvalue weighted by molar-refractivity contribution is 0.0872. The van der Waals surface area contributed by atoms with Crippen molar-refractivity contribution in [3.63, 3.8) is 0 Å². The van der Waals surface area contributed by atoms with E-state index in [2.05, 4.69) is 17.2 Å². The summed E-state index contributed by atoms with van der Waals surface area (Å²) < 4.78 is 7.12. The van der Waals surface area contributed by atoms with E-state index in [1.165, 1.54) is 6.20 Å². The number of rotatable bonds is 8. The summed E-state index contributed by atoms with van der Waals surface area (Å²) in [6.45, 7) is 0.753. The van der Waals surface area contributed by atoms with E-state index in [1.807, 2.05) is 0 Å². The molecular formula is C24H23ClN2O5. The number of hydrogen-bond acceptors (Lipinski definition) is 5. The van der Waals surface area contributed by atoms with Gasteiger partial charge in [-0.25, -0.2) is 0 Å². The van der Waals surface area contributed by atoms with Crippen LogP contribution in [0.25, 0.3) is 10.9 Å². The van der Waals surface area contributed by atoms with Gasteiger partial charge in [-0.1, -0.05) is 35.6 Å². The van der Waals surface area contributed by atoms with Crippen LogP contribution in [-0.2, 0) is 17.8 Å². The van der Waals surface area contributed by atoms with Crippen molar-refractivity contribution in [1.82, 2.24) is 9.88 Å². The van der Waals surface area contributed by atoms with Gasteiger partial charge in [0.05, 0.1) is 25.3 Å². The van der Waals surface area contributed by atoms with Crippen LogP contribution < -0.4 is 10.7 Å². The van der Waals surface area contributed by atoms with Crippen LogP contribution in [0.3, 0.4) is 0 Å². The van der Waals surface area contributed by atoms with E-state index in [0.717, 1.165) is 5.56 Å². The van der Waals surface area contributed by atoms with E-state index in [1.54, 1.807) is 47.0 Å². The number of aromatic nitrogens is 1. The van der Waals surface area contributed by atoms with Crippen LogP contribution in [0.15, 0.2) is 53.5 Å². The first-order valence-electron chi connectivity index (χ1n) is 10.0. The third-order valence-electron chi connectivity index (χ3n) is 4.72. The van der Waals surface area contributed by atoms with Crippen molar-refractivity contribution in [3.05, 3.63) is 80.6 Å². The Morgan fingerprint density at radius 1 is 1.12 bits per heavy atom. The molecule has 0 saturated heterocycles. The molecule has 2 aromatic carbocycles. The monoisotopic (exact) mass is 454 g/mol. The quantitative estimate of drug-likeness (QED) is 0.357. The summed E-state index contributed by atoms with van der Waals surface area (Å²) in [5.41, 5.74) is 1.63. The third-order valence-corrected chi connectivity index (χ3v) is 4.97. The molecule has 0 spiro atoms. The molecule has 32 heavy (non-hydrogen) atoms. The average Bonchev–Trinajstić information content (AvgIpc) is 2.81. The smallest absolute Gasteiger partial charge is 0.257 e. The van der Waals surface area contributed by atoms with Gasteiger partial charge in [0, 0.05) is 35.3 Å². The van der Waals surface area contributed by atoms with Crippen molar-refractivity contribution < 1.29 is 19.7 Å². The number of aliphatic hydroxyl groups excluding tert-OH is 2. The van der Waals surface area contributed by atoms with Crippen LogP contribution in [0.1, 0.15) is 21.5 Å². The lowest BCUT2D eigenvalue weighted by Crippen LogP contribution is -2.30. The highest BCUT2D eigenvalue weighted by atomic mass is 35.5. The number of ether oxygens (including phenoxy) is 1. The largest absolute Gasteiger partial charge is 0.394 e. The minimum Gasteiger partial charge on any atom is -0.394 e. The van der Waals surface area contributed by atoms with Gasteiger partial charge in [0.2, 0.25) is 5.43 Å². The second kappa shape index (κ2) is 11.5. The Hall–Kier alpha value is -3.15. The van der Waals surface area contributed by atoms with Crippen molar-refractivity contribution in [2.75, 3.05) is 26.4 Å². The minimum atomic E-state index is -0.497. The molecule has 166 valence electrons. The summed E-state index contributed by atoms with van der Waals surface area (Å²) in [7, 11) is 0. The van der Waals surface area contributed by atoms with Gasteiger partial charge in [0.1, 0.15) is 12.2 Å². The lowest BCUT2D eigenvalue weighted by Gasteiger charge is -2.14. The van der Waals surface area contributed by atoms with Crippen molar-refractivity contribution >= 4 is 28.4 Å². The van der Waals surface area contributed by atoms with Crippen LogP contribution in [0, 0.1) is 11.8 Å². The fourth-order valence-electron chi connectivity index (χ4n) is 3.17. The topological polar surface area (TPSA) is 101 Å². The van der Waals surface area contributed by atoms with E-state index < -0.39 is 11.3 Å². The molecular weight excluding hydrogens is 432 g/mol. The molecule has 3 aromatic rings. The lowest BCUT2D eigenvalue weighted by atomic mass is 10.1. The van der Waals surface area contributed by atoms with E-state index in [0.29, 0.717) is 34.6 Å². The van der Waals surface area contributed by atoms with E-state index in [4.69, 9.17) is 26.6 Å². The normalized spacial score (nSPS) is 10.6. The van der Waals surface area contributed by atoms with Gasteiger partial charge in [-0.05, 0) is 35.9 Å². The van der Waals surface area contributed by atoms with Gasteiger partial charge in [0.25, 0.3) is 5.91 Å². The highest BCUT2D eigenvalue weighted by molar-refractivity contribution is 6.30. The highest BCUT2D eigenvalue weighted by Crippen LogP contribution is 2.15. The molecule has 1 amide bonds. The number of amides is 1. The van der Waals surface area contributed by atoms with Crippen molar-refractivity contribution in [3.8, 4) is 11.8 Å². The fourth-order valence-corrected chi connectivity index (χ4v) is 3.30. The summed E-state index contributed by atoms with van der Waals surface area (Å²) in [5.74, 6) is 4.84. The number of nitrogens with one attached hydrogen (secondary N) is 1. The van der Waals surface area contributed by atoms with Gasteiger partial charge in [-0.3, -0.25) is 9.59 Å². The molecule has 3 rings (SSSR count). The molecule has 8 heteroatoms. The number of aliphatic hydroxyl groups is 2. The molecule has 3 N–H and O–H groups in total. The highest BCUT2D eigenvalue weighted by Gasteiger charge is 2.16. The van der Waals surface area contributed by atoms with Crippen LogP contribution in [0.5, 0.6) is 0 Å². The maximum Gasteiger partial charge on any atom is 0.257 e. The first kappa shape index (κ1) is 23.5. The Kier molecular flexibility index (Phi) is 8.42. The number of pyridine rings is 1. The van der Waals surface area contributed by atoms with Gasteiger partial charge >= 0.3 is 0 Å². The molecule has 0 atom stereocenters. The molecule has 0 aliphatic heterocycles. The summed E-state index contributed by atoms with van der Waals surface area (Å²) in [6, 6.07) is 12.2. The fraction of sp³-hybridized carbons (Fsp3) is 0.250. The van der Waals surface area contributed by atoms with Gasteiger partial charge in [-0.15, -0.1) is 0 Å². The SMILES string of the molecule is O=C(NCc1ccc(Cl)cc1)c1cn(CCOCCO)c2ccc(C#CCO)cc2c1=O. The Labute approximate surface area is 190 Å². The maximum absolute atomic E-state index is 13.1. The standard InChI is InChI=1S/C24H23ClN2O5/c25-19-6-3-18(4-7-19)15-26-24(31)21-16-27(9-12-32-13-11-29)22-8-5-17(2-1-10-28)14-20(22)23(21)30/h3-8,14,16,28-29H,9-13,15H2,(H,26,31). The molecule has 0 aliphatic carbocycles. The van der Waals surface area contributed by atoms with Crippen LogP contribution in [0.4, 0.5) is 0 Å². The first-order chi connectivity index (χ1) is 15.5. The minimum absolute atomic E-state index is 0.000823. The molecule has 0 saturated carbocycles. The van der Waals surface area contributed by atoms with E-state index in [9.17, 15) is 9.59 Å². The van der Waals surface area contributed by atoms with Crippen LogP contribution >= 0.6 is 11.6 Å². The Morgan fingerprint density at radius 2 is 1.91 bits per heavy atom. The van der Waals surface area contributed by atoms with E-state index >= 15 is 0 Å². The number of halogens is 1. The van der Waals surface area contributed by atoms with Gasteiger partial charge < -0.3 is 24.8 Å². The number of carbonyl (C=O) groups excluding carboxylic acids is 1. The molecule has 0 radical (unpaired) electrons. The van der Waals surface area contributed by atoms with Gasteiger partial charge in [0.15, 0.2) is 0 Å². The molecule has 0 aliphatic rings. The molecule has 7 nitrogen and oxygen atoms in total. The molecule has 0 fully saturated rings. The third kappa shape index (κ3) is 5.96. The zero-order valence-corrected chi connectivity index (χ0v) is 18.1. The molecule has 0 unspecified atom stereocenters. The summed E-state index contributed by atoms with van der Waals surface area (Å²) in [4.78, 5) is 26.0. The number of hydrogen-bond donors (Lipinski definition) is 3. The maximum atomic E-state index is 13.1. The zero-order chi connectivity index (χ0) is 22.9. The number of nitrogens with zero attached hydrogens (tertiary/aromatic N) is 1. The van der Waals surface area contributed by atoms with E-state index in [-0.39, 0.29) is 31.9 Å². The zero-order valence-electron chi connectivity index (χ0n) is 17.3. The summed E-state index contributed by atoms with van der Waals surface area (Å²) in [6.07, 6.45) is 1.52. The Balaban J connectivity index is 1.95. The number of benzene rings is 2.